The lowest BCUT2D eigenvalue weighted by atomic mass is 10.2. The molecule has 1 aromatic heterocycles. The summed E-state index contributed by atoms with van der Waals surface area (Å²) in [6.45, 7) is 1.77. The van der Waals surface area contributed by atoms with Gasteiger partial charge in [0.05, 0.1) is 23.3 Å². The van der Waals surface area contributed by atoms with Crippen LogP contribution in [0.15, 0.2) is 39.2 Å². The molecule has 0 unspecified atom stereocenters. The van der Waals surface area contributed by atoms with Crippen molar-refractivity contribution in [3.63, 3.8) is 0 Å². The van der Waals surface area contributed by atoms with Gasteiger partial charge in [0, 0.05) is 9.35 Å². The van der Waals surface area contributed by atoms with Crippen LogP contribution in [0.2, 0.25) is 5.02 Å². The molecule has 120 valence electrons. The molecule has 0 aliphatic rings. The van der Waals surface area contributed by atoms with Crippen LogP contribution < -0.4 is 10.7 Å². The summed E-state index contributed by atoms with van der Waals surface area (Å²) in [6.07, 6.45) is 1.57. The number of nitrogens with one attached hydrogen (secondary N) is 2. The summed E-state index contributed by atoms with van der Waals surface area (Å²) in [4.78, 5) is 24.6. The zero-order valence-electron chi connectivity index (χ0n) is 12.1. The molecule has 8 heteroatoms. The zero-order chi connectivity index (χ0) is 16.8. The first-order valence-corrected chi connectivity index (χ1v) is 8.61. The van der Waals surface area contributed by atoms with Gasteiger partial charge in [0.1, 0.15) is 0 Å². The smallest absolute Gasteiger partial charge is 0.259 e. The van der Waals surface area contributed by atoms with Crippen molar-refractivity contribution >= 4 is 56.9 Å². The number of aryl methyl sites for hydroxylation is 1. The van der Waals surface area contributed by atoms with Gasteiger partial charge >= 0.3 is 0 Å². The number of nitrogens with zero attached hydrogens (tertiary/aromatic N) is 1. The molecule has 0 saturated carbocycles. The number of halogens is 2. The molecule has 1 aromatic carbocycles. The zero-order valence-corrected chi connectivity index (χ0v) is 15.3. The molecule has 0 atom stereocenters. The molecular formula is C15H13BrClN3O2S. The van der Waals surface area contributed by atoms with Crippen LogP contribution in [0.3, 0.4) is 0 Å². The molecule has 2 aromatic rings. The van der Waals surface area contributed by atoms with Gasteiger partial charge in [0.15, 0.2) is 0 Å². The highest BCUT2D eigenvalue weighted by molar-refractivity contribution is 9.10. The van der Waals surface area contributed by atoms with Crippen molar-refractivity contribution in [1.82, 2.24) is 10.7 Å². The molecule has 1 heterocycles. The predicted octanol–water partition coefficient (Wildman–Crippen LogP) is 3.35. The highest BCUT2D eigenvalue weighted by Crippen LogP contribution is 2.20. The summed E-state index contributed by atoms with van der Waals surface area (Å²) >= 11 is 10.8. The number of thiophene rings is 1. The van der Waals surface area contributed by atoms with E-state index in [2.05, 4.69) is 31.8 Å². The maximum atomic E-state index is 12.0. The number of amides is 2. The van der Waals surface area contributed by atoms with E-state index >= 15 is 0 Å². The number of benzene rings is 1. The van der Waals surface area contributed by atoms with Gasteiger partial charge in [-0.25, -0.2) is 5.43 Å². The third-order valence-corrected chi connectivity index (χ3v) is 4.63. The average molecular weight is 415 g/mol. The Balaban J connectivity index is 1.84. The summed E-state index contributed by atoms with van der Waals surface area (Å²) < 4.78 is 0.729. The first kappa shape index (κ1) is 17.7. The average Bonchev–Trinajstić information content (AvgIpc) is 2.92. The Hall–Kier alpha value is -1.70. The number of carbonyl (C=O) groups excluding carboxylic acids is 2. The molecule has 0 saturated heterocycles. The summed E-state index contributed by atoms with van der Waals surface area (Å²) in [5.74, 6) is -0.848. The second kappa shape index (κ2) is 8.24. The van der Waals surface area contributed by atoms with Gasteiger partial charge < -0.3 is 5.32 Å². The maximum absolute atomic E-state index is 12.0. The Bertz CT molecular complexity index is 761. The monoisotopic (exact) mass is 413 g/mol. The number of hydrazone groups is 1. The normalized spacial score (nSPS) is 10.7. The fourth-order valence-corrected chi connectivity index (χ4v) is 3.00. The molecule has 0 fully saturated rings. The third-order valence-electron chi connectivity index (χ3n) is 2.86. The van der Waals surface area contributed by atoms with Crippen molar-refractivity contribution in [2.24, 2.45) is 5.10 Å². The minimum atomic E-state index is -0.426. The number of hydrogen-bond donors (Lipinski definition) is 2. The van der Waals surface area contributed by atoms with Gasteiger partial charge in [-0.2, -0.15) is 5.10 Å². The van der Waals surface area contributed by atoms with E-state index in [4.69, 9.17) is 11.6 Å². The second-order valence-corrected chi connectivity index (χ2v) is 6.84. The van der Waals surface area contributed by atoms with E-state index in [0.29, 0.717) is 10.6 Å². The first-order valence-electron chi connectivity index (χ1n) is 6.56. The lowest BCUT2D eigenvalue weighted by molar-refractivity contribution is -0.120. The maximum Gasteiger partial charge on any atom is 0.259 e. The largest absolute Gasteiger partial charge is 0.343 e. The number of hydrogen-bond acceptors (Lipinski definition) is 4. The van der Waals surface area contributed by atoms with Gasteiger partial charge in [0.25, 0.3) is 11.8 Å². The molecule has 23 heavy (non-hydrogen) atoms. The van der Waals surface area contributed by atoms with E-state index in [1.165, 1.54) is 11.3 Å². The van der Waals surface area contributed by atoms with Gasteiger partial charge in [-0.1, -0.05) is 27.5 Å². The topological polar surface area (TPSA) is 70.6 Å². The fraction of sp³-hybridized carbons (Fsp3) is 0.133. The van der Waals surface area contributed by atoms with Crippen LogP contribution >= 0.6 is 38.9 Å². The number of rotatable bonds is 5. The van der Waals surface area contributed by atoms with E-state index in [9.17, 15) is 9.59 Å². The van der Waals surface area contributed by atoms with Crippen LogP contribution in [-0.4, -0.2) is 24.6 Å². The molecule has 2 N–H and O–H groups in total. The van der Waals surface area contributed by atoms with Crippen molar-refractivity contribution in [2.45, 2.75) is 6.92 Å². The molecule has 5 nitrogen and oxygen atoms in total. The van der Waals surface area contributed by atoms with Gasteiger partial charge in [-0.3, -0.25) is 9.59 Å². The summed E-state index contributed by atoms with van der Waals surface area (Å²) in [5.41, 5.74) is 3.75. The standard InChI is InChI=1S/C15H13BrClN3O2S/c1-9-4-5-23-13(9)7-19-20-14(21)8-18-15(22)11-6-10(16)2-3-12(11)17/h2-7H,8H2,1H3,(H,18,22)(H,20,21)/b19-7+. The Morgan fingerprint density at radius 1 is 1.39 bits per heavy atom. The van der Waals surface area contributed by atoms with E-state index in [1.54, 1.807) is 24.4 Å². The van der Waals surface area contributed by atoms with Crippen LogP contribution in [0.4, 0.5) is 0 Å². The fourth-order valence-electron chi connectivity index (χ4n) is 1.65. The Labute approximate surface area is 150 Å². The quantitative estimate of drug-likeness (QED) is 0.582. The molecular weight excluding hydrogens is 402 g/mol. The van der Waals surface area contributed by atoms with Crippen molar-refractivity contribution < 1.29 is 9.59 Å². The Morgan fingerprint density at radius 2 is 2.17 bits per heavy atom. The summed E-state index contributed by atoms with van der Waals surface area (Å²) in [5, 5.41) is 8.61. The van der Waals surface area contributed by atoms with Gasteiger partial charge in [-0.05, 0) is 42.1 Å². The molecule has 2 rings (SSSR count). The predicted molar refractivity (Wildman–Crippen MR) is 96.3 cm³/mol. The van der Waals surface area contributed by atoms with Crippen molar-refractivity contribution in [3.8, 4) is 0 Å². The van der Waals surface area contributed by atoms with E-state index < -0.39 is 11.8 Å². The van der Waals surface area contributed by atoms with E-state index in [1.807, 2.05) is 18.4 Å². The van der Waals surface area contributed by atoms with E-state index in [0.717, 1.165) is 14.9 Å². The lowest BCUT2D eigenvalue weighted by Gasteiger charge is -2.06. The lowest BCUT2D eigenvalue weighted by Crippen LogP contribution is -2.35. The SMILES string of the molecule is Cc1ccsc1/C=N/NC(=O)CNC(=O)c1cc(Br)ccc1Cl. The molecule has 0 radical (unpaired) electrons. The minimum Gasteiger partial charge on any atom is -0.343 e. The second-order valence-electron chi connectivity index (χ2n) is 4.57. The first-order chi connectivity index (χ1) is 11.0. The molecule has 0 bridgehead atoms. The number of carbonyl (C=O) groups is 2. The van der Waals surface area contributed by atoms with Crippen LogP contribution in [0.1, 0.15) is 20.8 Å². The summed E-state index contributed by atoms with van der Waals surface area (Å²) in [7, 11) is 0. The Kier molecular flexibility index (Phi) is 6.32. The third kappa shape index (κ3) is 5.16. The molecule has 2 amide bonds. The van der Waals surface area contributed by atoms with Crippen LogP contribution in [0, 0.1) is 6.92 Å². The Morgan fingerprint density at radius 3 is 2.87 bits per heavy atom. The van der Waals surface area contributed by atoms with Crippen LogP contribution in [0.5, 0.6) is 0 Å². The van der Waals surface area contributed by atoms with Crippen molar-refractivity contribution in [1.29, 1.82) is 0 Å². The highest BCUT2D eigenvalue weighted by atomic mass is 79.9. The highest BCUT2D eigenvalue weighted by Gasteiger charge is 2.12. The van der Waals surface area contributed by atoms with Gasteiger partial charge in [0.2, 0.25) is 0 Å². The molecule has 0 aliphatic heterocycles. The van der Waals surface area contributed by atoms with Crippen LogP contribution in [0.25, 0.3) is 0 Å². The minimum absolute atomic E-state index is 0.192. The van der Waals surface area contributed by atoms with Gasteiger partial charge in [-0.15, -0.1) is 11.3 Å². The van der Waals surface area contributed by atoms with Crippen molar-refractivity contribution in [2.75, 3.05) is 6.54 Å². The summed E-state index contributed by atoms with van der Waals surface area (Å²) in [6, 6.07) is 6.89. The van der Waals surface area contributed by atoms with Crippen molar-refractivity contribution in [3.05, 3.63) is 55.1 Å². The molecule has 0 aliphatic carbocycles. The van der Waals surface area contributed by atoms with Crippen LogP contribution in [-0.2, 0) is 4.79 Å². The van der Waals surface area contributed by atoms with E-state index in [-0.39, 0.29) is 6.54 Å². The molecule has 0 spiro atoms.